The molecule has 0 saturated carbocycles. The summed E-state index contributed by atoms with van der Waals surface area (Å²) in [7, 11) is 1.58. The summed E-state index contributed by atoms with van der Waals surface area (Å²) in [6.07, 6.45) is -0.308. The second-order valence-corrected chi connectivity index (χ2v) is 5.62. The van der Waals surface area contributed by atoms with Crippen LogP contribution in [0, 0.1) is 11.3 Å². The summed E-state index contributed by atoms with van der Waals surface area (Å²) in [4.78, 5) is 24.1. The Labute approximate surface area is 152 Å². The van der Waals surface area contributed by atoms with Crippen LogP contribution in [0.15, 0.2) is 48.5 Å². The molecule has 0 aliphatic rings. The van der Waals surface area contributed by atoms with Gasteiger partial charge in [-0.25, -0.2) is 0 Å². The zero-order chi connectivity index (χ0) is 18.9. The first-order chi connectivity index (χ1) is 12.5. The lowest BCUT2D eigenvalue weighted by Gasteiger charge is -2.14. The monoisotopic (exact) mass is 352 g/mol. The number of nitriles is 1. The fraction of sp³-hybridized carbons (Fsp3) is 0.250. The van der Waals surface area contributed by atoms with Crippen molar-refractivity contribution in [2.24, 2.45) is 0 Å². The Morgan fingerprint density at radius 2 is 1.85 bits per heavy atom. The summed E-state index contributed by atoms with van der Waals surface area (Å²) in [6.45, 7) is 1.51. The van der Waals surface area contributed by atoms with Crippen molar-refractivity contribution < 1.29 is 19.1 Å². The number of methoxy groups -OCH3 is 1. The van der Waals surface area contributed by atoms with Gasteiger partial charge in [0, 0.05) is 12.1 Å². The van der Waals surface area contributed by atoms with E-state index >= 15 is 0 Å². The number of carbonyl (C=O) groups excluding carboxylic acids is 2. The predicted molar refractivity (Wildman–Crippen MR) is 96.7 cm³/mol. The molecule has 2 aromatic carbocycles. The zero-order valence-corrected chi connectivity index (χ0v) is 14.7. The van der Waals surface area contributed by atoms with Gasteiger partial charge in [-0.05, 0) is 49.2 Å². The average Bonchev–Trinajstić information content (AvgIpc) is 2.67. The lowest BCUT2D eigenvalue weighted by molar-refractivity contribution is -0.153. The third-order valence-electron chi connectivity index (χ3n) is 3.75. The van der Waals surface area contributed by atoms with Gasteiger partial charge < -0.3 is 14.8 Å². The lowest BCUT2D eigenvalue weighted by Crippen LogP contribution is -2.30. The molecule has 0 spiro atoms. The van der Waals surface area contributed by atoms with Gasteiger partial charge in [-0.15, -0.1) is 0 Å². The number of amides is 1. The summed E-state index contributed by atoms with van der Waals surface area (Å²) in [5, 5.41) is 11.4. The summed E-state index contributed by atoms with van der Waals surface area (Å²) >= 11 is 0. The van der Waals surface area contributed by atoms with Crippen LogP contribution in [-0.2, 0) is 20.7 Å². The van der Waals surface area contributed by atoms with Crippen LogP contribution in [0.1, 0.15) is 24.5 Å². The summed E-state index contributed by atoms with van der Waals surface area (Å²) < 4.78 is 10.4. The number of benzene rings is 2. The van der Waals surface area contributed by atoms with Crippen molar-refractivity contribution in [2.45, 2.75) is 25.9 Å². The second-order valence-electron chi connectivity index (χ2n) is 5.62. The maximum Gasteiger partial charge on any atom is 0.306 e. The van der Waals surface area contributed by atoms with Crippen molar-refractivity contribution in [1.82, 2.24) is 0 Å². The Morgan fingerprint density at radius 1 is 1.15 bits per heavy atom. The number of nitrogens with zero attached hydrogens (tertiary/aromatic N) is 1. The van der Waals surface area contributed by atoms with Crippen LogP contribution in [0.25, 0.3) is 0 Å². The van der Waals surface area contributed by atoms with Crippen LogP contribution in [0.3, 0.4) is 0 Å². The van der Waals surface area contributed by atoms with Gasteiger partial charge in [0.05, 0.1) is 18.7 Å². The van der Waals surface area contributed by atoms with Gasteiger partial charge in [-0.2, -0.15) is 5.26 Å². The molecule has 0 unspecified atom stereocenters. The normalized spacial score (nSPS) is 11.1. The van der Waals surface area contributed by atoms with Crippen molar-refractivity contribution in [3.05, 3.63) is 59.7 Å². The molecular formula is C20H20N2O4. The number of anilines is 1. The van der Waals surface area contributed by atoms with Gasteiger partial charge in [-0.1, -0.05) is 18.2 Å². The molecule has 0 bridgehead atoms. The van der Waals surface area contributed by atoms with Crippen molar-refractivity contribution in [1.29, 1.82) is 5.26 Å². The van der Waals surface area contributed by atoms with E-state index in [1.54, 1.807) is 31.4 Å². The highest BCUT2D eigenvalue weighted by Gasteiger charge is 2.18. The molecule has 1 N–H and O–H groups in total. The molecule has 26 heavy (non-hydrogen) atoms. The molecule has 134 valence electrons. The predicted octanol–water partition coefficient (Wildman–Crippen LogP) is 3.07. The number of hydrogen-bond acceptors (Lipinski definition) is 5. The van der Waals surface area contributed by atoms with Gasteiger partial charge in [0.2, 0.25) is 0 Å². The number of hydrogen-bond donors (Lipinski definition) is 1. The molecule has 2 rings (SSSR count). The molecule has 0 saturated heterocycles. The molecule has 0 heterocycles. The van der Waals surface area contributed by atoms with E-state index in [2.05, 4.69) is 5.32 Å². The first-order valence-electron chi connectivity index (χ1n) is 8.16. The van der Waals surface area contributed by atoms with Gasteiger partial charge in [0.15, 0.2) is 6.10 Å². The Morgan fingerprint density at radius 3 is 2.50 bits per heavy atom. The molecule has 0 aliphatic carbocycles. The van der Waals surface area contributed by atoms with E-state index in [1.807, 2.05) is 30.3 Å². The Hall–Kier alpha value is -3.33. The molecule has 0 aliphatic heterocycles. The molecule has 1 amide bonds. The minimum Gasteiger partial charge on any atom is -0.496 e. The fourth-order valence-electron chi connectivity index (χ4n) is 2.33. The largest absolute Gasteiger partial charge is 0.496 e. The highest BCUT2D eigenvalue weighted by molar-refractivity contribution is 5.95. The molecular weight excluding hydrogens is 332 g/mol. The summed E-state index contributed by atoms with van der Waals surface area (Å²) in [6, 6.07) is 15.9. The number of esters is 1. The van der Waals surface area contributed by atoms with Crippen LogP contribution >= 0.6 is 0 Å². The van der Waals surface area contributed by atoms with E-state index in [4.69, 9.17) is 14.7 Å². The number of carbonyl (C=O) groups is 2. The quantitative estimate of drug-likeness (QED) is 0.774. The number of aryl methyl sites for hydroxylation is 1. The van der Waals surface area contributed by atoms with Crippen molar-refractivity contribution in [3.8, 4) is 11.8 Å². The maximum absolute atomic E-state index is 12.1. The van der Waals surface area contributed by atoms with Crippen LogP contribution in [0.4, 0.5) is 5.69 Å². The van der Waals surface area contributed by atoms with Crippen molar-refractivity contribution in [3.63, 3.8) is 0 Å². The maximum atomic E-state index is 12.1. The number of ether oxygens (including phenoxy) is 2. The minimum absolute atomic E-state index is 0.148. The SMILES string of the molecule is COc1ccccc1CCC(=O)O[C@H](C)C(=O)Nc1ccc(C#N)cc1. The van der Waals surface area contributed by atoms with E-state index in [9.17, 15) is 9.59 Å². The van der Waals surface area contributed by atoms with Gasteiger partial charge in [-0.3, -0.25) is 9.59 Å². The van der Waals surface area contributed by atoms with Crippen LogP contribution in [-0.4, -0.2) is 25.1 Å². The van der Waals surface area contributed by atoms with E-state index in [0.717, 1.165) is 5.56 Å². The van der Waals surface area contributed by atoms with Crippen LogP contribution < -0.4 is 10.1 Å². The number of rotatable bonds is 7. The molecule has 6 heteroatoms. The summed E-state index contributed by atoms with van der Waals surface area (Å²) in [5.41, 5.74) is 1.94. The third kappa shape index (κ3) is 5.35. The highest BCUT2D eigenvalue weighted by Crippen LogP contribution is 2.19. The Bertz CT molecular complexity index is 809. The average molecular weight is 352 g/mol. The van der Waals surface area contributed by atoms with Gasteiger partial charge >= 0.3 is 5.97 Å². The first kappa shape index (κ1) is 19.0. The minimum atomic E-state index is -0.921. The third-order valence-corrected chi connectivity index (χ3v) is 3.75. The molecule has 0 fully saturated rings. The molecule has 0 aromatic heterocycles. The van der Waals surface area contributed by atoms with Gasteiger partial charge in [0.25, 0.3) is 5.91 Å². The Balaban J connectivity index is 1.83. The standard InChI is InChI=1S/C20H20N2O4/c1-14(20(24)22-17-10-7-15(13-21)8-11-17)26-19(23)12-9-16-5-3-4-6-18(16)25-2/h3-8,10-11,14H,9,12H2,1-2H3,(H,22,24)/t14-/m1/s1. The smallest absolute Gasteiger partial charge is 0.306 e. The molecule has 0 radical (unpaired) electrons. The van der Waals surface area contributed by atoms with Crippen molar-refractivity contribution in [2.75, 3.05) is 12.4 Å². The lowest BCUT2D eigenvalue weighted by atomic mass is 10.1. The van der Waals surface area contributed by atoms with Crippen LogP contribution in [0.5, 0.6) is 5.75 Å². The van der Waals surface area contributed by atoms with Gasteiger partial charge in [0.1, 0.15) is 5.75 Å². The van der Waals surface area contributed by atoms with E-state index in [1.165, 1.54) is 6.92 Å². The number of para-hydroxylation sites is 1. The van der Waals surface area contributed by atoms with E-state index in [-0.39, 0.29) is 6.42 Å². The molecule has 2 aromatic rings. The highest BCUT2D eigenvalue weighted by atomic mass is 16.5. The van der Waals surface area contributed by atoms with E-state index < -0.39 is 18.0 Å². The number of nitrogens with one attached hydrogen (secondary N) is 1. The molecule has 1 atom stereocenters. The van der Waals surface area contributed by atoms with Crippen LogP contribution in [0.2, 0.25) is 0 Å². The first-order valence-corrected chi connectivity index (χ1v) is 8.16. The van der Waals surface area contributed by atoms with E-state index in [0.29, 0.717) is 23.4 Å². The Kier molecular flexibility index (Phi) is 6.75. The fourth-order valence-corrected chi connectivity index (χ4v) is 2.33. The summed E-state index contributed by atoms with van der Waals surface area (Å²) in [5.74, 6) is -0.175. The zero-order valence-electron chi connectivity index (χ0n) is 14.7. The van der Waals surface area contributed by atoms with Crippen molar-refractivity contribution >= 4 is 17.6 Å². The molecule has 6 nitrogen and oxygen atoms in total. The topological polar surface area (TPSA) is 88.4 Å². The second kappa shape index (κ2) is 9.23.